The second-order valence-corrected chi connectivity index (χ2v) is 6.65. The fourth-order valence-electron chi connectivity index (χ4n) is 1.62. The molecule has 0 aliphatic heterocycles. The van der Waals surface area contributed by atoms with Gasteiger partial charge in [0.25, 0.3) is 0 Å². The van der Waals surface area contributed by atoms with Gasteiger partial charge in [-0.15, -0.1) is 11.3 Å². The normalized spacial score (nSPS) is 12.3. The summed E-state index contributed by atoms with van der Waals surface area (Å²) >= 11 is 3.01. The van der Waals surface area contributed by atoms with Gasteiger partial charge in [-0.1, -0.05) is 17.8 Å². The number of aromatic nitrogens is 2. The number of thioether (sulfide) groups is 1. The van der Waals surface area contributed by atoms with Crippen molar-refractivity contribution in [1.82, 2.24) is 14.9 Å². The molecule has 0 aliphatic carbocycles. The SMILES string of the molecule is C[C@@H](Sc1ncc(CO)n1C)C(=O)NCc1cccs1. The lowest BCUT2D eigenvalue weighted by atomic mass is 10.4. The molecule has 0 radical (unpaired) electrons. The van der Waals surface area contributed by atoms with Gasteiger partial charge >= 0.3 is 0 Å². The fourth-order valence-corrected chi connectivity index (χ4v) is 3.17. The highest BCUT2D eigenvalue weighted by molar-refractivity contribution is 8.00. The number of hydrogen-bond acceptors (Lipinski definition) is 5. The number of aliphatic hydroxyl groups is 1. The molecule has 2 rings (SSSR count). The molecule has 0 aliphatic rings. The molecule has 0 aromatic carbocycles. The van der Waals surface area contributed by atoms with Crippen molar-refractivity contribution in [1.29, 1.82) is 0 Å². The lowest BCUT2D eigenvalue weighted by Gasteiger charge is -2.11. The third kappa shape index (κ3) is 3.62. The van der Waals surface area contributed by atoms with Gasteiger partial charge in [-0.2, -0.15) is 0 Å². The molecule has 0 unspecified atom stereocenters. The van der Waals surface area contributed by atoms with Gasteiger partial charge in [0.1, 0.15) is 0 Å². The number of nitrogens with zero attached hydrogens (tertiary/aromatic N) is 2. The highest BCUT2D eigenvalue weighted by atomic mass is 32.2. The monoisotopic (exact) mass is 311 g/mol. The van der Waals surface area contributed by atoms with E-state index in [1.165, 1.54) is 11.8 Å². The number of hydrogen-bond donors (Lipinski definition) is 2. The number of carbonyl (C=O) groups is 1. The number of aliphatic hydroxyl groups excluding tert-OH is 1. The van der Waals surface area contributed by atoms with Gasteiger partial charge in [0, 0.05) is 11.9 Å². The van der Waals surface area contributed by atoms with Gasteiger partial charge in [-0.05, 0) is 18.4 Å². The molecule has 2 heterocycles. The van der Waals surface area contributed by atoms with Crippen LogP contribution >= 0.6 is 23.1 Å². The van der Waals surface area contributed by atoms with Crippen molar-refractivity contribution < 1.29 is 9.90 Å². The molecule has 1 atom stereocenters. The fraction of sp³-hybridized carbons (Fsp3) is 0.385. The summed E-state index contributed by atoms with van der Waals surface area (Å²) in [5.41, 5.74) is 0.735. The number of imidazole rings is 1. The maximum Gasteiger partial charge on any atom is 0.233 e. The zero-order valence-corrected chi connectivity index (χ0v) is 13.0. The minimum Gasteiger partial charge on any atom is -0.390 e. The number of nitrogens with one attached hydrogen (secondary N) is 1. The molecule has 5 nitrogen and oxygen atoms in total. The van der Waals surface area contributed by atoms with Gasteiger partial charge in [-0.25, -0.2) is 4.98 Å². The van der Waals surface area contributed by atoms with E-state index in [-0.39, 0.29) is 17.8 Å². The smallest absolute Gasteiger partial charge is 0.233 e. The van der Waals surface area contributed by atoms with Crippen LogP contribution in [0.5, 0.6) is 0 Å². The van der Waals surface area contributed by atoms with E-state index in [1.807, 2.05) is 31.5 Å². The summed E-state index contributed by atoms with van der Waals surface area (Å²) in [6.45, 7) is 2.36. The van der Waals surface area contributed by atoms with E-state index in [0.29, 0.717) is 6.54 Å². The predicted octanol–water partition coefficient (Wildman–Crippen LogP) is 1.77. The summed E-state index contributed by atoms with van der Waals surface area (Å²) in [4.78, 5) is 17.4. The third-order valence-electron chi connectivity index (χ3n) is 2.87. The molecule has 1 amide bonds. The molecule has 20 heavy (non-hydrogen) atoms. The zero-order chi connectivity index (χ0) is 14.5. The van der Waals surface area contributed by atoms with Crippen molar-refractivity contribution >= 4 is 29.0 Å². The van der Waals surface area contributed by atoms with Gasteiger partial charge < -0.3 is 15.0 Å². The van der Waals surface area contributed by atoms with Crippen molar-refractivity contribution in [3.8, 4) is 0 Å². The maximum absolute atomic E-state index is 12.0. The maximum atomic E-state index is 12.0. The van der Waals surface area contributed by atoms with Crippen molar-refractivity contribution in [2.45, 2.75) is 30.5 Å². The molecular weight excluding hydrogens is 294 g/mol. The summed E-state index contributed by atoms with van der Waals surface area (Å²) in [5.74, 6) is -0.0167. The summed E-state index contributed by atoms with van der Waals surface area (Å²) in [6, 6.07) is 3.96. The van der Waals surface area contributed by atoms with Crippen LogP contribution in [0.25, 0.3) is 0 Å². The van der Waals surface area contributed by atoms with Gasteiger partial charge in [0.05, 0.1) is 30.3 Å². The van der Waals surface area contributed by atoms with Crippen LogP contribution in [-0.2, 0) is 25.0 Å². The quantitative estimate of drug-likeness (QED) is 0.798. The van der Waals surface area contributed by atoms with Crippen molar-refractivity contribution in [2.75, 3.05) is 0 Å². The molecule has 7 heteroatoms. The first kappa shape index (κ1) is 15.1. The Kier molecular flexibility index (Phi) is 5.22. The van der Waals surface area contributed by atoms with E-state index >= 15 is 0 Å². The standard InChI is InChI=1S/C13H17N3O2S2/c1-9(12(18)14-7-11-4-3-5-19-11)20-13-15-6-10(8-17)16(13)2/h3-6,9,17H,7-8H2,1-2H3,(H,14,18)/t9-/m1/s1. The second kappa shape index (κ2) is 6.92. The van der Waals surface area contributed by atoms with Crippen LogP contribution in [-0.4, -0.2) is 25.8 Å². The molecule has 0 bridgehead atoms. The number of amides is 1. The second-order valence-electron chi connectivity index (χ2n) is 4.31. The Hall–Kier alpha value is -1.31. The van der Waals surface area contributed by atoms with Crippen molar-refractivity contribution in [3.05, 3.63) is 34.3 Å². The molecule has 108 valence electrons. The van der Waals surface area contributed by atoms with Crippen LogP contribution in [0, 0.1) is 0 Å². The summed E-state index contributed by atoms with van der Waals surface area (Å²) in [7, 11) is 1.83. The van der Waals surface area contributed by atoms with Gasteiger partial charge in [0.2, 0.25) is 5.91 Å². The Morgan fingerprint density at radius 2 is 2.45 bits per heavy atom. The minimum absolute atomic E-state index is 0.0167. The molecule has 2 aromatic heterocycles. The van der Waals surface area contributed by atoms with E-state index in [1.54, 1.807) is 22.1 Å². The van der Waals surface area contributed by atoms with E-state index < -0.39 is 0 Å². The Morgan fingerprint density at radius 3 is 3.05 bits per heavy atom. The first-order valence-electron chi connectivity index (χ1n) is 6.20. The molecule has 0 saturated heterocycles. The highest BCUT2D eigenvalue weighted by Gasteiger charge is 2.17. The highest BCUT2D eigenvalue weighted by Crippen LogP contribution is 2.22. The number of rotatable bonds is 6. The average Bonchev–Trinajstić information content (AvgIpc) is 3.07. The zero-order valence-electron chi connectivity index (χ0n) is 11.4. The first-order valence-corrected chi connectivity index (χ1v) is 7.96. The van der Waals surface area contributed by atoms with Gasteiger partial charge in [0.15, 0.2) is 5.16 Å². The average molecular weight is 311 g/mol. The molecule has 0 fully saturated rings. The molecule has 2 aromatic rings. The number of thiophene rings is 1. The van der Waals surface area contributed by atoms with Crippen molar-refractivity contribution in [2.24, 2.45) is 7.05 Å². The lowest BCUT2D eigenvalue weighted by Crippen LogP contribution is -2.30. The Balaban J connectivity index is 1.88. The van der Waals surface area contributed by atoms with E-state index in [0.717, 1.165) is 15.7 Å². The Morgan fingerprint density at radius 1 is 1.65 bits per heavy atom. The van der Waals surface area contributed by atoms with Crippen LogP contribution in [0.1, 0.15) is 17.5 Å². The summed E-state index contributed by atoms with van der Waals surface area (Å²) in [5, 5.41) is 14.5. The summed E-state index contributed by atoms with van der Waals surface area (Å²) < 4.78 is 1.80. The van der Waals surface area contributed by atoms with E-state index in [2.05, 4.69) is 10.3 Å². The number of carbonyl (C=O) groups excluding carboxylic acids is 1. The van der Waals surface area contributed by atoms with Crippen LogP contribution in [0.3, 0.4) is 0 Å². The molecular formula is C13H17N3O2S2. The Bertz CT molecular complexity index is 566. The molecule has 2 N–H and O–H groups in total. The van der Waals surface area contributed by atoms with Crippen LogP contribution in [0.2, 0.25) is 0 Å². The van der Waals surface area contributed by atoms with Gasteiger partial charge in [-0.3, -0.25) is 4.79 Å². The first-order chi connectivity index (χ1) is 9.61. The van der Waals surface area contributed by atoms with Crippen LogP contribution < -0.4 is 5.32 Å². The Labute approximate surface area is 126 Å². The largest absolute Gasteiger partial charge is 0.390 e. The lowest BCUT2D eigenvalue weighted by molar-refractivity contribution is -0.120. The third-order valence-corrected chi connectivity index (χ3v) is 4.91. The topological polar surface area (TPSA) is 67.2 Å². The predicted molar refractivity (Wildman–Crippen MR) is 80.6 cm³/mol. The van der Waals surface area contributed by atoms with Crippen LogP contribution in [0.4, 0.5) is 0 Å². The van der Waals surface area contributed by atoms with Crippen molar-refractivity contribution in [3.63, 3.8) is 0 Å². The van der Waals surface area contributed by atoms with E-state index in [4.69, 9.17) is 5.11 Å². The molecule has 0 spiro atoms. The van der Waals surface area contributed by atoms with E-state index in [9.17, 15) is 4.79 Å². The molecule has 0 saturated carbocycles. The summed E-state index contributed by atoms with van der Waals surface area (Å²) in [6.07, 6.45) is 1.62. The minimum atomic E-state index is -0.234. The van der Waals surface area contributed by atoms with Crippen LogP contribution in [0.15, 0.2) is 28.9 Å².